The van der Waals surface area contributed by atoms with Crippen LogP contribution in [0, 0.1) is 0 Å². The van der Waals surface area contributed by atoms with Crippen LogP contribution in [0.5, 0.6) is 0 Å². The van der Waals surface area contributed by atoms with Gasteiger partial charge in [0.25, 0.3) is 5.56 Å². The quantitative estimate of drug-likeness (QED) is 0.704. The average molecular weight is 256 g/mol. The van der Waals surface area contributed by atoms with Gasteiger partial charge in [0.2, 0.25) is 0 Å². The molecule has 0 bridgehead atoms. The molecule has 0 saturated carbocycles. The lowest BCUT2D eigenvalue weighted by atomic mass is 10.1. The summed E-state index contributed by atoms with van der Waals surface area (Å²) < 4.78 is 0. The number of aromatic amines is 1. The molecule has 0 aliphatic rings. The van der Waals surface area contributed by atoms with Gasteiger partial charge in [-0.3, -0.25) is 4.79 Å². The number of hydrogen-bond donors (Lipinski definition) is 1. The molecular formula is C15H10ClNO. The zero-order chi connectivity index (χ0) is 12.5. The van der Waals surface area contributed by atoms with E-state index in [1.165, 1.54) is 0 Å². The maximum absolute atomic E-state index is 12.0. The summed E-state index contributed by atoms with van der Waals surface area (Å²) in [5.74, 6) is 0. The van der Waals surface area contributed by atoms with Crippen LogP contribution < -0.4 is 5.56 Å². The van der Waals surface area contributed by atoms with Crippen LogP contribution >= 0.6 is 11.6 Å². The van der Waals surface area contributed by atoms with E-state index in [0.29, 0.717) is 10.6 Å². The van der Waals surface area contributed by atoms with Gasteiger partial charge in [-0.15, -0.1) is 0 Å². The minimum atomic E-state index is -0.0870. The lowest BCUT2D eigenvalue weighted by Crippen LogP contribution is -2.08. The summed E-state index contributed by atoms with van der Waals surface area (Å²) in [4.78, 5) is 14.9. The van der Waals surface area contributed by atoms with Gasteiger partial charge in [0.15, 0.2) is 0 Å². The highest BCUT2D eigenvalue weighted by Crippen LogP contribution is 2.21. The monoisotopic (exact) mass is 255 g/mol. The summed E-state index contributed by atoms with van der Waals surface area (Å²) in [6.45, 7) is 0. The number of H-pyrrole nitrogens is 1. The first-order valence-corrected chi connectivity index (χ1v) is 6.00. The Balaban J connectivity index is 2.31. The van der Waals surface area contributed by atoms with Crippen molar-refractivity contribution in [1.29, 1.82) is 0 Å². The number of pyridine rings is 1. The topological polar surface area (TPSA) is 32.9 Å². The molecule has 0 aliphatic carbocycles. The Morgan fingerprint density at radius 2 is 1.72 bits per heavy atom. The maximum Gasteiger partial charge on any atom is 0.256 e. The van der Waals surface area contributed by atoms with Crippen molar-refractivity contribution in [2.75, 3.05) is 0 Å². The largest absolute Gasteiger partial charge is 0.321 e. The Bertz CT molecular complexity index is 762. The number of halogens is 1. The van der Waals surface area contributed by atoms with Gasteiger partial charge in [0.05, 0.1) is 0 Å². The van der Waals surface area contributed by atoms with Gasteiger partial charge in [-0.1, -0.05) is 41.9 Å². The van der Waals surface area contributed by atoms with E-state index >= 15 is 0 Å². The van der Waals surface area contributed by atoms with Gasteiger partial charge in [0.1, 0.15) is 0 Å². The van der Waals surface area contributed by atoms with Crippen LogP contribution in [0.2, 0.25) is 5.02 Å². The Morgan fingerprint density at radius 1 is 0.944 bits per heavy atom. The zero-order valence-electron chi connectivity index (χ0n) is 9.48. The van der Waals surface area contributed by atoms with E-state index in [9.17, 15) is 4.79 Å². The van der Waals surface area contributed by atoms with E-state index in [4.69, 9.17) is 11.6 Å². The van der Waals surface area contributed by atoms with Crippen molar-refractivity contribution in [3.8, 4) is 11.1 Å². The highest BCUT2D eigenvalue weighted by atomic mass is 35.5. The fraction of sp³-hybridized carbons (Fsp3) is 0. The van der Waals surface area contributed by atoms with E-state index in [2.05, 4.69) is 4.98 Å². The molecule has 88 valence electrons. The van der Waals surface area contributed by atoms with E-state index in [0.717, 1.165) is 16.5 Å². The van der Waals surface area contributed by atoms with Crippen molar-refractivity contribution in [3.63, 3.8) is 0 Å². The first-order valence-electron chi connectivity index (χ1n) is 5.62. The van der Waals surface area contributed by atoms with Crippen molar-refractivity contribution >= 4 is 22.5 Å². The molecule has 0 amide bonds. The lowest BCUT2D eigenvalue weighted by Gasteiger charge is -2.03. The molecular weight excluding hydrogens is 246 g/mol. The van der Waals surface area contributed by atoms with Crippen LogP contribution in [0.4, 0.5) is 0 Å². The Kier molecular flexibility index (Phi) is 2.65. The third kappa shape index (κ3) is 1.91. The SMILES string of the molecule is O=c1[nH]c2ccc(Cl)cc2cc1-c1ccccc1. The highest BCUT2D eigenvalue weighted by molar-refractivity contribution is 6.31. The van der Waals surface area contributed by atoms with E-state index in [-0.39, 0.29) is 5.56 Å². The standard InChI is InChI=1S/C15H10ClNO/c16-12-6-7-14-11(8-12)9-13(15(18)17-14)10-4-2-1-3-5-10/h1-9H,(H,17,18). The summed E-state index contributed by atoms with van der Waals surface area (Å²) >= 11 is 5.96. The van der Waals surface area contributed by atoms with E-state index in [1.54, 1.807) is 6.07 Å². The maximum atomic E-state index is 12.0. The van der Waals surface area contributed by atoms with Crippen LogP contribution in [0.25, 0.3) is 22.0 Å². The fourth-order valence-corrected chi connectivity index (χ4v) is 2.19. The second-order valence-corrected chi connectivity index (χ2v) is 4.55. The normalized spacial score (nSPS) is 10.7. The molecule has 1 aromatic heterocycles. The van der Waals surface area contributed by atoms with Crippen molar-refractivity contribution in [1.82, 2.24) is 4.98 Å². The molecule has 3 aromatic rings. The summed E-state index contributed by atoms with van der Waals surface area (Å²) in [6, 6.07) is 16.9. The van der Waals surface area contributed by atoms with Crippen LogP contribution in [-0.4, -0.2) is 4.98 Å². The van der Waals surface area contributed by atoms with Crippen molar-refractivity contribution < 1.29 is 0 Å². The summed E-state index contributed by atoms with van der Waals surface area (Å²) in [5, 5.41) is 1.59. The number of fused-ring (bicyclic) bond motifs is 1. The first kappa shape index (κ1) is 11.1. The molecule has 0 radical (unpaired) electrons. The van der Waals surface area contributed by atoms with Gasteiger partial charge in [-0.05, 0) is 29.8 Å². The van der Waals surface area contributed by atoms with Gasteiger partial charge in [-0.25, -0.2) is 0 Å². The Labute approximate surface area is 109 Å². The highest BCUT2D eigenvalue weighted by Gasteiger charge is 2.05. The van der Waals surface area contributed by atoms with Crippen LogP contribution in [0.1, 0.15) is 0 Å². The van der Waals surface area contributed by atoms with Gasteiger partial charge in [0, 0.05) is 21.5 Å². The number of nitrogens with one attached hydrogen (secondary N) is 1. The number of benzene rings is 2. The molecule has 0 aliphatic heterocycles. The van der Waals surface area contributed by atoms with Gasteiger partial charge in [-0.2, -0.15) is 0 Å². The molecule has 0 spiro atoms. The van der Waals surface area contributed by atoms with Crippen molar-refractivity contribution in [2.24, 2.45) is 0 Å². The molecule has 2 aromatic carbocycles. The summed E-state index contributed by atoms with van der Waals surface area (Å²) in [7, 11) is 0. The molecule has 18 heavy (non-hydrogen) atoms. The van der Waals surface area contributed by atoms with Crippen LogP contribution in [0.3, 0.4) is 0 Å². The lowest BCUT2D eigenvalue weighted by molar-refractivity contribution is 1.31. The van der Waals surface area contributed by atoms with E-state index < -0.39 is 0 Å². The Morgan fingerprint density at radius 3 is 2.50 bits per heavy atom. The van der Waals surface area contributed by atoms with E-state index in [1.807, 2.05) is 48.5 Å². The molecule has 0 unspecified atom stereocenters. The predicted octanol–water partition coefficient (Wildman–Crippen LogP) is 3.85. The number of aromatic nitrogens is 1. The molecule has 0 fully saturated rings. The zero-order valence-corrected chi connectivity index (χ0v) is 10.2. The minimum absolute atomic E-state index is 0.0870. The first-order chi connectivity index (χ1) is 8.74. The summed E-state index contributed by atoms with van der Waals surface area (Å²) in [6.07, 6.45) is 0. The average Bonchev–Trinajstić information content (AvgIpc) is 2.39. The molecule has 0 saturated heterocycles. The number of hydrogen-bond acceptors (Lipinski definition) is 1. The smallest absolute Gasteiger partial charge is 0.256 e. The van der Waals surface area contributed by atoms with Gasteiger partial charge < -0.3 is 4.98 Å². The van der Waals surface area contributed by atoms with Crippen molar-refractivity contribution in [3.05, 3.63) is 70.0 Å². The second kappa shape index (κ2) is 4.31. The Hall–Kier alpha value is -2.06. The molecule has 1 N–H and O–H groups in total. The second-order valence-electron chi connectivity index (χ2n) is 4.11. The molecule has 3 heteroatoms. The van der Waals surface area contributed by atoms with Gasteiger partial charge >= 0.3 is 0 Å². The van der Waals surface area contributed by atoms with Crippen molar-refractivity contribution in [2.45, 2.75) is 0 Å². The van der Waals surface area contributed by atoms with Crippen LogP contribution in [-0.2, 0) is 0 Å². The minimum Gasteiger partial charge on any atom is -0.321 e. The molecule has 3 rings (SSSR count). The summed E-state index contributed by atoms with van der Waals surface area (Å²) in [5.41, 5.74) is 2.27. The molecule has 2 nitrogen and oxygen atoms in total. The third-order valence-electron chi connectivity index (χ3n) is 2.89. The third-order valence-corrected chi connectivity index (χ3v) is 3.13. The molecule has 1 heterocycles. The fourth-order valence-electron chi connectivity index (χ4n) is 2.01. The predicted molar refractivity (Wildman–Crippen MR) is 75.0 cm³/mol. The van der Waals surface area contributed by atoms with Crippen LogP contribution in [0.15, 0.2) is 59.4 Å². The molecule has 0 atom stereocenters. The number of rotatable bonds is 1.